The van der Waals surface area contributed by atoms with Crippen LogP contribution in [0.4, 0.5) is 5.69 Å². The second-order valence-electron chi connectivity index (χ2n) is 3.86. The second kappa shape index (κ2) is 6.90. The second-order valence-corrected chi connectivity index (χ2v) is 5.70. The molecule has 0 atom stereocenters. The van der Waals surface area contributed by atoms with Gasteiger partial charge in [0.1, 0.15) is 0 Å². The summed E-state index contributed by atoms with van der Waals surface area (Å²) in [5.41, 5.74) is 0.559. The van der Waals surface area contributed by atoms with E-state index in [0.717, 1.165) is 0 Å². The van der Waals surface area contributed by atoms with Crippen molar-refractivity contribution in [3.05, 3.63) is 29.8 Å². The molecule has 1 aromatic carbocycles. The number of sulfonamides is 1. The summed E-state index contributed by atoms with van der Waals surface area (Å²) in [7, 11) is -3.72. The van der Waals surface area contributed by atoms with Crippen LogP contribution in [-0.4, -0.2) is 37.8 Å². The third-order valence-corrected chi connectivity index (χ3v) is 3.54. The van der Waals surface area contributed by atoms with Gasteiger partial charge in [-0.2, -0.15) is 0 Å². The number of nitrogens with one attached hydrogen (secondary N) is 1. The average Bonchev–Trinajstić information content (AvgIpc) is 2.37. The third-order valence-electron chi connectivity index (χ3n) is 2.25. The van der Waals surface area contributed by atoms with Gasteiger partial charge in [0.2, 0.25) is 10.0 Å². The summed E-state index contributed by atoms with van der Waals surface area (Å²) < 4.78 is 30.1. The lowest BCUT2D eigenvalue weighted by molar-refractivity contribution is -0.136. The molecule has 0 bridgehead atoms. The Morgan fingerprint density at radius 2 is 1.85 bits per heavy atom. The van der Waals surface area contributed by atoms with Crippen molar-refractivity contribution in [2.45, 2.75) is 13.3 Å². The molecule has 0 radical (unpaired) electrons. The van der Waals surface area contributed by atoms with Crippen molar-refractivity contribution in [2.75, 3.05) is 17.1 Å². The average molecular weight is 301 g/mol. The minimum Gasteiger partial charge on any atom is -0.481 e. The molecule has 0 amide bonds. The summed E-state index contributed by atoms with van der Waals surface area (Å²) in [4.78, 5) is 21.7. The first-order valence-electron chi connectivity index (χ1n) is 5.83. The highest BCUT2D eigenvalue weighted by Crippen LogP contribution is 2.12. The smallest absolute Gasteiger partial charge is 0.338 e. The summed E-state index contributed by atoms with van der Waals surface area (Å²) in [5, 5.41) is 8.45. The largest absolute Gasteiger partial charge is 0.481 e. The highest BCUT2D eigenvalue weighted by Gasteiger charge is 2.13. The molecule has 0 heterocycles. The van der Waals surface area contributed by atoms with Crippen LogP contribution in [0.2, 0.25) is 0 Å². The van der Waals surface area contributed by atoms with Crippen LogP contribution in [0.25, 0.3) is 0 Å². The number of rotatable bonds is 7. The number of benzene rings is 1. The number of carboxylic acid groups (broad SMARTS) is 1. The van der Waals surface area contributed by atoms with Crippen molar-refractivity contribution in [1.82, 2.24) is 0 Å². The maximum atomic E-state index is 11.6. The highest BCUT2D eigenvalue weighted by atomic mass is 32.2. The molecule has 2 N–H and O–H groups in total. The first kappa shape index (κ1) is 16.0. The molecule has 0 aromatic heterocycles. The molecule has 7 nitrogen and oxygen atoms in total. The van der Waals surface area contributed by atoms with Crippen molar-refractivity contribution in [1.29, 1.82) is 0 Å². The van der Waals surface area contributed by atoms with Crippen molar-refractivity contribution in [3.8, 4) is 0 Å². The summed E-state index contributed by atoms with van der Waals surface area (Å²) >= 11 is 0. The van der Waals surface area contributed by atoms with Crippen LogP contribution in [0.3, 0.4) is 0 Å². The Balaban J connectivity index is 2.70. The highest BCUT2D eigenvalue weighted by molar-refractivity contribution is 7.92. The normalized spacial score (nSPS) is 10.8. The Bertz CT molecular complexity index is 578. The Morgan fingerprint density at radius 3 is 2.35 bits per heavy atom. The zero-order valence-corrected chi connectivity index (χ0v) is 11.6. The minimum atomic E-state index is -3.72. The van der Waals surface area contributed by atoms with Gasteiger partial charge < -0.3 is 9.84 Å². The predicted octanol–water partition coefficient (Wildman–Crippen LogP) is 1.08. The molecule has 0 aliphatic rings. The molecule has 0 aliphatic carbocycles. The van der Waals surface area contributed by atoms with Crippen LogP contribution < -0.4 is 4.72 Å². The van der Waals surface area contributed by atoms with Gasteiger partial charge in [-0.05, 0) is 31.2 Å². The molecule has 0 unspecified atom stereocenters. The van der Waals surface area contributed by atoms with E-state index in [4.69, 9.17) is 9.84 Å². The summed E-state index contributed by atoms with van der Waals surface area (Å²) in [6, 6.07) is 5.66. The number of anilines is 1. The summed E-state index contributed by atoms with van der Waals surface area (Å²) in [6.45, 7) is 1.94. The van der Waals surface area contributed by atoms with Crippen molar-refractivity contribution >= 4 is 27.6 Å². The van der Waals surface area contributed by atoms with E-state index in [1.807, 2.05) is 0 Å². The van der Waals surface area contributed by atoms with Gasteiger partial charge in [-0.3, -0.25) is 9.52 Å². The number of esters is 1. The monoisotopic (exact) mass is 301 g/mol. The molecular formula is C12H15NO6S. The van der Waals surface area contributed by atoms with E-state index in [9.17, 15) is 18.0 Å². The van der Waals surface area contributed by atoms with Crippen LogP contribution >= 0.6 is 0 Å². The van der Waals surface area contributed by atoms with Crippen LogP contribution in [0.15, 0.2) is 24.3 Å². The third kappa shape index (κ3) is 5.27. The first-order valence-corrected chi connectivity index (χ1v) is 7.49. The molecule has 0 spiro atoms. The molecule has 8 heteroatoms. The number of carboxylic acids is 1. The van der Waals surface area contributed by atoms with Crippen LogP contribution in [-0.2, 0) is 19.6 Å². The molecule has 20 heavy (non-hydrogen) atoms. The lowest BCUT2D eigenvalue weighted by Crippen LogP contribution is -2.18. The quantitative estimate of drug-likeness (QED) is 0.729. The van der Waals surface area contributed by atoms with Gasteiger partial charge in [0.05, 0.1) is 24.3 Å². The maximum Gasteiger partial charge on any atom is 0.338 e. The molecule has 0 saturated carbocycles. The molecule has 1 rings (SSSR count). The van der Waals surface area contributed by atoms with Gasteiger partial charge in [0.15, 0.2) is 0 Å². The summed E-state index contributed by atoms with van der Waals surface area (Å²) in [6.07, 6.45) is -0.476. The van der Waals surface area contributed by atoms with Crippen molar-refractivity contribution in [3.63, 3.8) is 0 Å². The SMILES string of the molecule is CCOC(=O)c1ccc(NS(=O)(=O)CCC(=O)O)cc1. The lowest BCUT2D eigenvalue weighted by Gasteiger charge is -2.07. The van der Waals surface area contributed by atoms with Crippen molar-refractivity contribution < 1.29 is 27.9 Å². The Labute approximate surface area is 116 Å². The van der Waals surface area contributed by atoms with E-state index in [2.05, 4.69) is 4.72 Å². The van der Waals surface area contributed by atoms with Gasteiger partial charge in [0, 0.05) is 5.69 Å². The van der Waals surface area contributed by atoms with Crippen LogP contribution in [0, 0.1) is 0 Å². The van der Waals surface area contributed by atoms with Crippen molar-refractivity contribution in [2.24, 2.45) is 0 Å². The van der Waals surface area contributed by atoms with Crippen LogP contribution in [0.5, 0.6) is 0 Å². The Kier molecular flexibility index (Phi) is 5.51. The number of carbonyl (C=O) groups excluding carboxylic acids is 1. The zero-order valence-electron chi connectivity index (χ0n) is 10.8. The molecule has 0 aliphatic heterocycles. The molecule has 0 fully saturated rings. The topological polar surface area (TPSA) is 110 Å². The fraction of sp³-hybridized carbons (Fsp3) is 0.333. The minimum absolute atomic E-state index is 0.252. The first-order chi connectivity index (χ1) is 9.34. The lowest BCUT2D eigenvalue weighted by atomic mass is 10.2. The van der Waals surface area contributed by atoms with E-state index in [1.165, 1.54) is 24.3 Å². The summed E-state index contributed by atoms with van der Waals surface area (Å²) in [5.74, 6) is -2.19. The predicted molar refractivity (Wildman–Crippen MR) is 72.1 cm³/mol. The number of ether oxygens (including phenoxy) is 1. The zero-order chi connectivity index (χ0) is 15.2. The van der Waals surface area contributed by atoms with Gasteiger partial charge >= 0.3 is 11.9 Å². The number of aliphatic carboxylic acids is 1. The maximum absolute atomic E-state index is 11.6. The van der Waals surface area contributed by atoms with Gasteiger partial charge in [-0.1, -0.05) is 0 Å². The van der Waals surface area contributed by atoms with E-state index in [1.54, 1.807) is 6.92 Å². The van der Waals surface area contributed by atoms with Crippen LogP contribution in [0.1, 0.15) is 23.7 Å². The van der Waals surface area contributed by atoms with E-state index < -0.39 is 34.1 Å². The fourth-order valence-electron chi connectivity index (χ4n) is 1.34. The standard InChI is InChI=1S/C12H15NO6S/c1-2-19-12(16)9-3-5-10(6-4-9)13-20(17,18)8-7-11(14)15/h3-6,13H,2,7-8H2,1H3,(H,14,15). The Morgan fingerprint density at radius 1 is 1.25 bits per heavy atom. The number of hydrogen-bond acceptors (Lipinski definition) is 5. The van der Waals surface area contributed by atoms with E-state index >= 15 is 0 Å². The molecular weight excluding hydrogens is 286 g/mol. The van der Waals surface area contributed by atoms with Gasteiger partial charge in [-0.15, -0.1) is 0 Å². The molecule has 0 saturated heterocycles. The van der Waals surface area contributed by atoms with E-state index in [-0.39, 0.29) is 12.3 Å². The number of hydrogen-bond donors (Lipinski definition) is 2. The van der Waals surface area contributed by atoms with Gasteiger partial charge in [-0.25, -0.2) is 13.2 Å². The van der Waals surface area contributed by atoms with Gasteiger partial charge in [0.25, 0.3) is 0 Å². The molecule has 1 aromatic rings. The Hall–Kier alpha value is -2.09. The van der Waals surface area contributed by atoms with E-state index in [0.29, 0.717) is 5.56 Å². The number of carbonyl (C=O) groups is 2. The molecule has 110 valence electrons. The fourth-order valence-corrected chi connectivity index (χ4v) is 2.38.